The number of hydrogen-bond acceptors (Lipinski definition) is 4. The zero-order valence-corrected chi connectivity index (χ0v) is 12.6. The molecule has 5 heteroatoms. The zero-order chi connectivity index (χ0) is 16.7. The Morgan fingerprint density at radius 1 is 1.17 bits per heavy atom. The molecule has 23 heavy (non-hydrogen) atoms. The number of ether oxygens (including phenoxy) is 1. The van der Waals surface area contributed by atoms with Crippen molar-refractivity contribution in [2.45, 2.75) is 19.4 Å². The summed E-state index contributed by atoms with van der Waals surface area (Å²) in [6.07, 6.45) is -0.415. The van der Waals surface area contributed by atoms with E-state index in [2.05, 4.69) is 11.4 Å². The number of carbonyl (C=O) groups excluding carboxylic acids is 1. The third-order valence-electron chi connectivity index (χ3n) is 3.19. The average molecular weight is 305 g/mol. The molecule has 0 radical (unpaired) electrons. The van der Waals surface area contributed by atoms with Crippen LogP contribution in [0.2, 0.25) is 0 Å². The van der Waals surface area contributed by atoms with Gasteiger partial charge in [-0.25, -0.2) is 0 Å². The second-order valence-corrected chi connectivity index (χ2v) is 4.89. The molecular weight excluding hydrogens is 290 g/mol. The van der Waals surface area contributed by atoms with Gasteiger partial charge in [0.2, 0.25) is 0 Å². The lowest BCUT2D eigenvalue weighted by Gasteiger charge is -2.15. The van der Waals surface area contributed by atoms with Crippen molar-refractivity contribution in [3.8, 4) is 17.9 Å². The van der Waals surface area contributed by atoms with Crippen LogP contribution in [0, 0.1) is 22.7 Å². The molecule has 0 aromatic heterocycles. The number of amides is 1. The number of para-hydroxylation sites is 1. The van der Waals surface area contributed by atoms with Crippen LogP contribution < -0.4 is 10.1 Å². The largest absolute Gasteiger partial charge is 0.480 e. The standard InChI is InChI=1S/C18H15N3O2/c1-13(23-17-5-3-2-4-15(17)12-20)18(22)21-16-8-6-14(7-9-16)10-11-19/h2-9,13H,10H2,1H3,(H,21,22). The van der Waals surface area contributed by atoms with Crippen molar-refractivity contribution in [2.24, 2.45) is 0 Å². The maximum atomic E-state index is 12.2. The quantitative estimate of drug-likeness (QED) is 0.920. The van der Waals surface area contributed by atoms with Gasteiger partial charge in [-0.15, -0.1) is 0 Å². The monoisotopic (exact) mass is 305 g/mol. The number of benzene rings is 2. The Labute approximate surface area is 134 Å². The number of carbonyl (C=O) groups is 1. The maximum absolute atomic E-state index is 12.2. The highest BCUT2D eigenvalue weighted by Gasteiger charge is 2.16. The van der Waals surface area contributed by atoms with Crippen LogP contribution in [0.5, 0.6) is 5.75 Å². The van der Waals surface area contributed by atoms with E-state index in [4.69, 9.17) is 15.3 Å². The lowest BCUT2D eigenvalue weighted by atomic mass is 10.1. The second kappa shape index (κ2) is 7.63. The molecule has 0 aliphatic heterocycles. The molecule has 1 N–H and O–H groups in total. The minimum absolute atomic E-state index is 0.314. The Hall–Kier alpha value is -3.31. The van der Waals surface area contributed by atoms with Crippen LogP contribution in [-0.2, 0) is 11.2 Å². The molecule has 1 unspecified atom stereocenters. The van der Waals surface area contributed by atoms with Gasteiger partial charge in [0.15, 0.2) is 6.10 Å². The summed E-state index contributed by atoms with van der Waals surface area (Å²) in [6, 6.07) is 17.9. The predicted octanol–water partition coefficient (Wildman–Crippen LogP) is 3.03. The molecule has 0 heterocycles. The summed E-state index contributed by atoms with van der Waals surface area (Å²) in [7, 11) is 0. The number of nitrogens with zero attached hydrogens (tertiary/aromatic N) is 2. The first kappa shape index (κ1) is 16.1. The fraction of sp³-hybridized carbons (Fsp3) is 0.167. The smallest absolute Gasteiger partial charge is 0.265 e. The molecule has 5 nitrogen and oxygen atoms in total. The van der Waals surface area contributed by atoms with Crippen LogP contribution >= 0.6 is 0 Å². The van der Waals surface area contributed by atoms with Gasteiger partial charge in [0.25, 0.3) is 5.91 Å². The third kappa shape index (κ3) is 4.33. The van der Waals surface area contributed by atoms with E-state index in [-0.39, 0.29) is 5.91 Å². The van der Waals surface area contributed by atoms with Gasteiger partial charge in [0.1, 0.15) is 11.8 Å². The van der Waals surface area contributed by atoms with Crippen LogP contribution in [0.4, 0.5) is 5.69 Å². The molecule has 0 spiro atoms. The van der Waals surface area contributed by atoms with Crippen molar-refractivity contribution in [1.82, 2.24) is 0 Å². The maximum Gasteiger partial charge on any atom is 0.265 e. The minimum atomic E-state index is -0.747. The van der Waals surface area contributed by atoms with Crippen molar-refractivity contribution in [1.29, 1.82) is 10.5 Å². The Morgan fingerprint density at radius 3 is 2.52 bits per heavy atom. The van der Waals surface area contributed by atoms with E-state index in [0.717, 1.165) is 5.56 Å². The summed E-state index contributed by atoms with van der Waals surface area (Å²) < 4.78 is 5.56. The van der Waals surface area contributed by atoms with Gasteiger partial charge in [0, 0.05) is 5.69 Å². The van der Waals surface area contributed by atoms with E-state index in [0.29, 0.717) is 23.4 Å². The summed E-state index contributed by atoms with van der Waals surface area (Å²) >= 11 is 0. The Morgan fingerprint density at radius 2 is 1.87 bits per heavy atom. The van der Waals surface area contributed by atoms with Gasteiger partial charge in [-0.3, -0.25) is 4.79 Å². The molecule has 0 bridgehead atoms. The van der Waals surface area contributed by atoms with E-state index in [1.807, 2.05) is 6.07 Å². The average Bonchev–Trinajstić information content (AvgIpc) is 2.57. The molecule has 1 atom stereocenters. The number of nitriles is 2. The fourth-order valence-electron chi connectivity index (χ4n) is 1.95. The lowest BCUT2D eigenvalue weighted by Crippen LogP contribution is -2.30. The van der Waals surface area contributed by atoms with Crippen LogP contribution in [0.15, 0.2) is 48.5 Å². The summed E-state index contributed by atoms with van der Waals surface area (Å²) in [4.78, 5) is 12.2. The van der Waals surface area contributed by atoms with Crippen molar-refractivity contribution in [2.75, 3.05) is 5.32 Å². The van der Waals surface area contributed by atoms with Gasteiger partial charge >= 0.3 is 0 Å². The third-order valence-corrected chi connectivity index (χ3v) is 3.19. The van der Waals surface area contributed by atoms with Crippen LogP contribution in [0.25, 0.3) is 0 Å². The lowest BCUT2D eigenvalue weighted by molar-refractivity contribution is -0.122. The normalized spacial score (nSPS) is 10.9. The first-order valence-corrected chi connectivity index (χ1v) is 7.06. The van der Waals surface area contributed by atoms with Crippen LogP contribution in [-0.4, -0.2) is 12.0 Å². The van der Waals surface area contributed by atoms with Gasteiger partial charge in [-0.1, -0.05) is 24.3 Å². The van der Waals surface area contributed by atoms with E-state index >= 15 is 0 Å². The van der Waals surface area contributed by atoms with Gasteiger partial charge in [0.05, 0.1) is 18.1 Å². The van der Waals surface area contributed by atoms with Gasteiger partial charge in [-0.2, -0.15) is 10.5 Å². The van der Waals surface area contributed by atoms with E-state index in [1.165, 1.54) is 0 Å². The molecule has 0 saturated heterocycles. The first-order valence-electron chi connectivity index (χ1n) is 7.06. The summed E-state index contributed by atoms with van der Waals surface area (Å²) in [5.41, 5.74) is 1.89. The van der Waals surface area contributed by atoms with E-state index in [1.54, 1.807) is 55.5 Å². The minimum Gasteiger partial charge on any atom is -0.480 e. The van der Waals surface area contributed by atoms with Crippen molar-refractivity contribution in [3.05, 3.63) is 59.7 Å². The Kier molecular flexibility index (Phi) is 5.33. The summed E-state index contributed by atoms with van der Waals surface area (Å²) in [5.74, 6) is 0.0628. The van der Waals surface area contributed by atoms with Gasteiger partial charge in [-0.05, 0) is 36.8 Å². The Bertz CT molecular complexity index is 770. The highest BCUT2D eigenvalue weighted by Crippen LogP contribution is 2.19. The summed E-state index contributed by atoms with van der Waals surface area (Å²) in [6.45, 7) is 1.62. The fourth-order valence-corrected chi connectivity index (χ4v) is 1.95. The molecule has 0 aliphatic carbocycles. The molecule has 2 aromatic rings. The van der Waals surface area contributed by atoms with Crippen molar-refractivity contribution < 1.29 is 9.53 Å². The predicted molar refractivity (Wildman–Crippen MR) is 85.6 cm³/mol. The SMILES string of the molecule is CC(Oc1ccccc1C#N)C(=O)Nc1ccc(CC#N)cc1. The van der Waals surface area contributed by atoms with Gasteiger partial charge < -0.3 is 10.1 Å². The highest BCUT2D eigenvalue weighted by atomic mass is 16.5. The van der Waals surface area contributed by atoms with Crippen molar-refractivity contribution in [3.63, 3.8) is 0 Å². The van der Waals surface area contributed by atoms with Crippen LogP contribution in [0.1, 0.15) is 18.1 Å². The van der Waals surface area contributed by atoms with Crippen molar-refractivity contribution >= 4 is 11.6 Å². The molecule has 0 fully saturated rings. The highest BCUT2D eigenvalue weighted by molar-refractivity contribution is 5.94. The Balaban J connectivity index is 2.00. The van der Waals surface area contributed by atoms with E-state index in [9.17, 15) is 4.79 Å². The molecule has 0 aliphatic rings. The molecule has 0 saturated carbocycles. The first-order chi connectivity index (χ1) is 11.1. The topological polar surface area (TPSA) is 85.9 Å². The molecule has 2 rings (SSSR count). The number of nitrogens with one attached hydrogen (secondary N) is 1. The molecular formula is C18H15N3O2. The number of rotatable bonds is 5. The zero-order valence-electron chi connectivity index (χ0n) is 12.6. The molecule has 2 aromatic carbocycles. The second-order valence-electron chi connectivity index (χ2n) is 4.89. The van der Waals surface area contributed by atoms with E-state index < -0.39 is 6.10 Å². The van der Waals surface area contributed by atoms with Crippen LogP contribution in [0.3, 0.4) is 0 Å². The molecule has 1 amide bonds. The molecule has 114 valence electrons. The number of hydrogen-bond donors (Lipinski definition) is 1. The number of anilines is 1. The summed E-state index contributed by atoms with van der Waals surface area (Å²) in [5, 5.41) is 20.4.